The smallest absolute Gasteiger partial charge is 0.0724 e. The predicted molar refractivity (Wildman–Crippen MR) is 78.5 cm³/mol. The van der Waals surface area contributed by atoms with Crippen molar-refractivity contribution in [1.82, 2.24) is 5.32 Å². The molecule has 0 heterocycles. The third-order valence-electron chi connectivity index (χ3n) is 4.97. The van der Waals surface area contributed by atoms with Gasteiger partial charge >= 0.3 is 0 Å². The Balaban J connectivity index is 1.52. The zero-order chi connectivity index (χ0) is 13.2. The molecular formula is C17H25NO. The van der Waals surface area contributed by atoms with Crippen LogP contribution in [0.3, 0.4) is 0 Å². The summed E-state index contributed by atoms with van der Waals surface area (Å²) >= 11 is 0. The molecule has 2 fully saturated rings. The molecular weight excluding hydrogens is 234 g/mol. The predicted octanol–water partition coefficient (Wildman–Crippen LogP) is 3.40. The normalized spacial score (nSPS) is 34.2. The molecule has 1 N–H and O–H groups in total. The number of benzene rings is 1. The van der Waals surface area contributed by atoms with Crippen LogP contribution in [0.2, 0.25) is 0 Å². The Bertz CT molecular complexity index is 425. The van der Waals surface area contributed by atoms with Crippen molar-refractivity contribution in [3.05, 3.63) is 35.4 Å². The van der Waals surface area contributed by atoms with Crippen molar-refractivity contribution in [3.8, 4) is 0 Å². The number of hydrogen-bond acceptors (Lipinski definition) is 2. The zero-order valence-corrected chi connectivity index (χ0v) is 12.1. The molecule has 2 aliphatic rings. The van der Waals surface area contributed by atoms with E-state index in [9.17, 15) is 0 Å². The van der Waals surface area contributed by atoms with Crippen molar-refractivity contribution in [2.24, 2.45) is 0 Å². The lowest BCUT2D eigenvalue weighted by molar-refractivity contribution is 0.0747. The topological polar surface area (TPSA) is 21.3 Å². The van der Waals surface area contributed by atoms with Crippen molar-refractivity contribution in [1.29, 1.82) is 0 Å². The molecule has 0 amide bonds. The van der Waals surface area contributed by atoms with E-state index in [4.69, 9.17) is 4.74 Å². The van der Waals surface area contributed by atoms with E-state index in [1.165, 1.54) is 37.7 Å². The maximum atomic E-state index is 5.56. The van der Waals surface area contributed by atoms with Crippen molar-refractivity contribution in [3.63, 3.8) is 0 Å². The van der Waals surface area contributed by atoms with Crippen molar-refractivity contribution in [2.75, 3.05) is 7.11 Å². The molecule has 0 aromatic heterocycles. The minimum Gasteiger partial charge on any atom is -0.380 e. The summed E-state index contributed by atoms with van der Waals surface area (Å²) in [4.78, 5) is 0. The molecule has 0 spiro atoms. The molecule has 1 aromatic rings. The summed E-state index contributed by atoms with van der Waals surface area (Å²) in [6, 6.07) is 10.1. The molecule has 2 heteroatoms. The van der Waals surface area contributed by atoms with Crippen LogP contribution in [0, 0.1) is 6.92 Å². The summed E-state index contributed by atoms with van der Waals surface area (Å²) in [5.41, 5.74) is 3.00. The number of aryl methyl sites for hydroxylation is 1. The van der Waals surface area contributed by atoms with Crippen LogP contribution in [0.5, 0.6) is 0 Å². The summed E-state index contributed by atoms with van der Waals surface area (Å²) < 4.78 is 5.56. The van der Waals surface area contributed by atoms with Gasteiger partial charge in [0.15, 0.2) is 0 Å². The lowest BCUT2D eigenvalue weighted by atomic mass is 9.74. The van der Waals surface area contributed by atoms with Gasteiger partial charge in [0.2, 0.25) is 0 Å². The minimum absolute atomic E-state index is 0.442. The number of ether oxygens (including phenoxy) is 1. The second-order valence-corrected chi connectivity index (χ2v) is 6.20. The van der Waals surface area contributed by atoms with Crippen LogP contribution in [-0.4, -0.2) is 25.3 Å². The van der Waals surface area contributed by atoms with Gasteiger partial charge in [-0.25, -0.2) is 0 Å². The monoisotopic (exact) mass is 259 g/mol. The van der Waals surface area contributed by atoms with E-state index in [0.717, 1.165) is 5.92 Å². The summed E-state index contributed by atoms with van der Waals surface area (Å²) in [6.07, 6.45) is 6.84. The molecule has 2 saturated carbocycles. The van der Waals surface area contributed by atoms with Gasteiger partial charge in [-0.3, -0.25) is 0 Å². The quantitative estimate of drug-likeness (QED) is 0.895. The largest absolute Gasteiger partial charge is 0.380 e. The molecule has 2 atom stereocenters. The van der Waals surface area contributed by atoms with Gasteiger partial charge in [0, 0.05) is 19.2 Å². The van der Waals surface area contributed by atoms with Gasteiger partial charge in [0.1, 0.15) is 0 Å². The fraction of sp³-hybridized carbons (Fsp3) is 0.647. The fourth-order valence-electron chi connectivity index (χ4n) is 3.75. The highest BCUT2D eigenvalue weighted by Gasteiger charge is 2.35. The number of hydrogen-bond donors (Lipinski definition) is 1. The van der Waals surface area contributed by atoms with Gasteiger partial charge in [-0.2, -0.15) is 0 Å². The van der Waals surface area contributed by atoms with Gasteiger partial charge < -0.3 is 10.1 Å². The molecule has 1 aromatic carbocycles. The first kappa shape index (κ1) is 13.1. The Labute approximate surface area is 116 Å². The molecule has 3 rings (SSSR count). The molecule has 2 aliphatic carbocycles. The maximum Gasteiger partial charge on any atom is 0.0724 e. The van der Waals surface area contributed by atoms with Crippen molar-refractivity contribution < 1.29 is 4.74 Å². The average molecular weight is 259 g/mol. The first-order chi connectivity index (χ1) is 9.28. The van der Waals surface area contributed by atoms with Crippen LogP contribution in [0.4, 0.5) is 0 Å². The first-order valence-electron chi connectivity index (χ1n) is 7.62. The van der Waals surface area contributed by atoms with Crippen LogP contribution in [0.1, 0.15) is 49.1 Å². The van der Waals surface area contributed by atoms with E-state index in [2.05, 4.69) is 36.5 Å². The average Bonchev–Trinajstić information content (AvgIpc) is 2.82. The summed E-state index contributed by atoms with van der Waals surface area (Å²) in [7, 11) is 1.85. The van der Waals surface area contributed by atoms with Gasteiger partial charge in [-0.15, -0.1) is 0 Å². The molecule has 0 aliphatic heterocycles. The highest BCUT2D eigenvalue weighted by Crippen LogP contribution is 2.39. The third-order valence-corrected chi connectivity index (χ3v) is 4.97. The first-order valence-corrected chi connectivity index (χ1v) is 7.62. The highest BCUT2D eigenvalue weighted by molar-refractivity contribution is 5.31. The number of rotatable bonds is 4. The number of nitrogens with one attached hydrogen (secondary N) is 1. The number of methoxy groups -OCH3 is 1. The van der Waals surface area contributed by atoms with Gasteiger partial charge in [0.05, 0.1) is 6.10 Å². The van der Waals surface area contributed by atoms with Crippen LogP contribution in [0.15, 0.2) is 24.3 Å². The van der Waals surface area contributed by atoms with E-state index in [1.54, 1.807) is 5.56 Å². The Kier molecular flexibility index (Phi) is 3.90. The summed E-state index contributed by atoms with van der Waals surface area (Å²) in [5, 5.41) is 3.81. The molecule has 19 heavy (non-hydrogen) atoms. The Morgan fingerprint density at radius 1 is 1.16 bits per heavy atom. The van der Waals surface area contributed by atoms with Gasteiger partial charge in [-0.1, -0.05) is 24.3 Å². The Morgan fingerprint density at radius 2 is 1.95 bits per heavy atom. The summed E-state index contributed by atoms with van der Waals surface area (Å²) in [6.45, 7) is 2.23. The van der Waals surface area contributed by atoms with Gasteiger partial charge in [-0.05, 0) is 56.1 Å². The van der Waals surface area contributed by atoms with E-state index >= 15 is 0 Å². The second kappa shape index (κ2) is 5.64. The molecule has 0 bridgehead atoms. The zero-order valence-electron chi connectivity index (χ0n) is 12.1. The van der Waals surface area contributed by atoms with E-state index in [-0.39, 0.29) is 0 Å². The van der Waals surface area contributed by atoms with Crippen molar-refractivity contribution in [2.45, 2.75) is 63.1 Å². The lowest BCUT2D eigenvalue weighted by Crippen LogP contribution is -2.48. The van der Waals surface area contributed by atoms with E-state index in [1.807, 2.05) is 7.11 Å². The van der Waals surface area contributed by atoms with E-state index in [0.29, 0.717) is 18.2 Å². The minimum atomic E-state index is 0.442. The maximum absolute atomic E-state index is 5.56. The third kappa shape index (κ3) is 2.70. The van der Waals surface area contributed by atoms with Crippen LogP contribution < -0.4 is 5.32 Å². The molecule has 0 saturated heterocycles. The molecule has 2 unspecified atom stereocenters. The molecule has 2 nitrogen and oxygen atoms in total. The SMILES string of the molecule is COC1CCCC1NC1CC(c2ccccc2C)C1. The van der Waals surface area contributed by atoms with E-state index < -0.39 is 0 Å². The van der Waals surface area contributed by atoms with Gasteiger partial charge in [0.25, 0.3) is 0 Å². The second-order valence-electron chi connectivity index (χ2n) is 6.20. The Hall–Kier alpha value is -0.860. The molecule has 0 radical (unpaired) electrons. The standard InChI is InChI=1S/C17H25NO/c1-12-6-3-4-7-15(12)13-10-14(11-13)18-16-8-5-9-17(16)19-2/h3-4,6-7,13-14,16-18H,5,8-11H2,1-2H3. The molecule has 104 valence electrons. The highest BCUT2D eigenvalue weighted by atomic mass is 16.5. The van der Waals surface area contributed by atoms with Crippen LogP contribution in [0.25, 0.3) is 0 Å². The Morgan fingerprint density at radius 3 is 2.68 bits per heavy atom. The fourth-order valence-corrected chi connectivity index (χ4v) is 3.75. The lowest BCUT2D eigenvalue weighted by Gasteiger charge is -2.39. The van der Waals surface area contributed by atoms with Crippen LogP contribution in [-0.2, 0) is 4.74 Å². The van der Waals surface area contributed by atoms with Crippen LogP contribution >= 0.6 is 0 Å². The van der Waals surface area contributed by atoms with Crippen molar-refractivity contribution >= 4 is 0 Å². The summed E-state index contributed by atoms with van der Waals surface area (Å²) in [5.74, 6) is 0.765.